The largest absolute Gasteiger partial charge is 0.494 e. The van der Waals surface area contributed by atoms with E-state index in [1.165, 1.54) is 27.8 Å². The molecule has 7 heteroatoms. The summed E-state index contributed by atoms with van der Waals surface area (Å²) in [7, 11) is 1.67. The van der Waals surface area contributed by atoms with Crippen LogP contribution in [0.2, 0.25) is 0 Å². The van der Waals surface area contributed by atoms with E-state index in [4.69, 9.17) is 4.74 Å². The molecule has 1 atom stereocenters. The maximum absolute atomic E-state index is 12.9. The van der Waals surface area contributed by atoms with E-state index < -0.39 is 5.25 Å². The monoisotopic (exact) mass is 425 g/mol. The molecule has 2 aromatic rings. The summed E-state index contributed by atoms with van der Waals surface area (Å²) >= 11 is 1.28. The molecular weight excluding hydrogens is 398 g/mol. The van der Waals surface area contributed by atoms with Gasteiger partial charge in [-0.2, -0.15) is 0 Å². The van der Waals surface area contributed by atoms with Crippen LogP contribution in [0.4, 0.5) is 11.4 Å². The van der Waals surface area contributed by atoms with Gasteiger partial charge in [0, 0.05) is 19.2 Å². The minimum Gasteiger partial charge on any atom is -0.494 e. The Morgan fingerprint density at radius 1 is 1.17 bits per heavy atom. The van der Waals surface area contributed by atoms with Crippen LogP contribution in [0.5, 0.6) is 5.75 Å². The Morgan fingerprint density at radius 2 is 1.90 bits per heavy atom. The number of carbonyl (C=O) groups is 2. The van der Waals surface area contributed by atoms with Crippen molar-refractivity contribution >= 4 is 40.1 Å². The Balaban J connectivity index is 1.68. The van der Waals surface area contributed by atoms with Crippen molar-refractivity contribution in [2.75, 3.05) is 23.9 Å². The van der Waals surface area contributed by atoms with Crippen molar-refractivity contribution in [1.29, 1.82) is 0 Å². The van der Waals surface area contributed by atoms with Crippen molar-refractivity contribution in [2.45, 2.75) is 38.9 Å². The van der Waals surface area contributed by atoms with Crippen molar-refractivity contribution in [3.63, 3.8) is 0 Å². The van der Waals surface area contributed by atoms with Crippen LogP contribution in [-0.4, -0.2) is 35.9 Å². The Morgan fingerprint density at radius 3 is 2.53 bits per heavy atom. The van der Waals surface area contributed by atoms with Gasteiger partial charge < -0.3 is 10.1 Å². The number of aryl methyl sites for hydroxylation is 2. The number of anilines is 2. The van der Waals surface area contributed by atoms with Crippen LogP contribution in [0, 0.1) is 13.8 Å². The van der Waals surface area contributed by atoms with Gasteiger partial charge in [0.25, 0.3) is 0 Å². The summed E-state index contributed by atoms with van der Waals surface area (Å²) in [4.78, 5) is 31.0. The van der Waals surface area contributed by atoms with E-state index >= 15 is 0 Å². The summed E-state index contributed by atoms with van der Waals surface area (Å²) in [5, 5.41) is 3.35. The quantitative estimate of drug-likeness (QED) is 0.417. The van der Waals surface area contributed by atoms with Crippen LogP contribution in [0.25, 0.3) is 0 Å². The lowest BCUT2D eigenvalue weighted by Crippen LogP contribution is -2.31. The topological polar surface area (TPSA) is 71.0 Å². The number of imide groups is 1. The number of thioether (sulfide) groups is 1. The third kappa shape index (κ3) is 5.02. The van der Waals surface area contributed by atoms with Gasteiger partial charge in [-0.25, -0.2) is 4.90 Å². The molecule has 0 spiro atoms. The number of rotatable bonds is 6. The van der Waals surface area contributed by atoms with E-state index in [2.05, 4.69) is 17.2 Å². The van der Waals surface area contributed by atoms with E-state index in [-0.39, 0.29) is 18.2 Å². The van der Waals surface area contributed by atoms with Gasteiger partial charge in [-0.3, -0.25) is 14.6 Å². The van der Waals surface area contributed by atoms with Gasteiger partial charge in [0.15, 0.2) is 5.17 Å². The van der Waals surface area contributed by atoms with Crippen molar-refractivity contribution in [3.05, 3.63) is 53.6 Å². The SMILES string of the molecule is CCCOc1ccc(N2C(=O)CC(SC(=NC)Nc3ccc(C)c(C)c3)C2=O)cc1. The zero-order chi connectivity index (χ0) is 21.7. The minimum absolute atomic E-state index is 0.144. The predicted octanol–water partition coefficient (Wildman–Crippen LogP) is 4.56. The van der Waals surface area contributed by atoms with Crippen LogP contribution in [0.1, 0.15) is 30.9 Å². The number of amides is 2. The third-order valence-corrected chi connectivity index (χ3v) is 6.05. The van der Waals surface area contributed by atoms with E-state index in [1.807, 2.05) is 32.0 Å². The number of carbonyl (C=O) groups excluding carboxylic acids is 2. The molecule has 2 amide bonds. The van der Waals surface area contributed by atoms with E-state index in [1.54, 1.807) is 31.3 Å². The lowest BCUT2D eigenvalue weighted by Gasteiger charge is -2.16. The molecule has 2 aromatic carbocycles. The van der Waals surface area contributed by atoms with Gasteiger partial charge in [0.1, 0.15) is 11.0 Å². The van der Waals surface area contributed by atoms with Crippen molar-refractivity contribution in [3.8, 4) is 5.75 Å². The second-order valence-corrected chi connectivity index (χ2v) is 8.36. The van der Waals surface area contributed by atoms with Gasteiger partial charge in [-0.1, -0.05) is 24.8 Å². The summed E-state index contributed by atoms with van der Waals surface area (Å²) < 4.78 is 5.57. The molecule has 0 aliphatic carbocycles. The average molecular weight is 426 g/mol. The molecule has 1 N–H and O–H groups in total. The fourth-order valence-corrected chi connectivity index (χ4v) is 4.08. The smallest absolute Gasteiger partial charge is 0.247 e. The molecule has 158 valence electrons. The van der Waals surface area contributed by atoms with Crippen molar-refractivity contribution in [2.24, 2.45) is 4.99 Å². The van der Waals surface area contributed by atoms with Crippen LogP contribution >= 0.6 is 11.8 Å². The second-order valence-electron chi connectivity index (χ2n) is 7.17. The Kier molecular flexibility index (Phi) is 7.15. The molecule has 30 heavy (non-hydrogen) atoms. The van der Waals surface area contributed by atoms with E-state index in [0.717, 1.165) is 17.9 Å². The molecule has 1 aliphatic heterocycles. The summed E-state index contributed by atoms with van der Waals surface area (Å²) in [5.74, 6) is 0.292. The summed E-state index contributed by atoms with van der Waals surface area (Å²) in [6.07, 6.45) is 1.06. The minimum atomic E-state index is -0.508. The number of aliphatic imine (C=N–C) groups is 1. The molecule has 3 rings (SSSR count). The molecule has 0 aromatic heterocycles. The van der Waals surface area contributed by atoms with Gasteiger partial charge >= 0.3 is 0 Å². The van der Waals surface area contributed by atoms with Crippen LogP contribution in [0.15, 0.2) is 47.5 Å². The normalized spacial score (nSPS) is 16.9. The zero-order valence-corrected chi connectivity index (χ0v) is 18.6. The molecule has 1 aliphatic rings. The van der Waals surface area contributed by atoms with Gasteiger partial charge in [0.2, 0.25) is 11.8 Å². The molecule has 1 saturated heterocycles. The number of nitrogens with zero attached hydrogens (tertiary/aromatic N) is 2. The van der Waals surface area contributed by atoms with Crippen LogP contribution in [0.3, 0.4) is 0 Å². The zero-order valence-electron chi connectivity index (χ0n) is 17.8. The first-order valence-electron chi connectivity index (χ1n) is 10.00. The Bertz CT molecular complexity index is 957. The lowest BCUT2D eigenvalue weighted by molar-refractivity contribution is -0.121. The Labute approximate surface area is 181 Å². The molecule has 1 unspecified atom stereocenters. The highest BCUT2D eigenvalue weighted by molar-refractivity contribution is 8.15. The standard InChI is InChI=1S/C23H27N3O3S/c1-5-12-29-19-10-8-18(9-11-19)26-21(27)14-20(22(26)28)30-23(24-4)25-17-7-6-15(2)16(3)13-17/h6-11,13,20H,5,12,14H2,1-4H3,(H,24,25). The number of hydrogen-bond acceptors (Lipinski definition) is 5. The highest BCUT2D eigenvalue weighted by atomic mass is 32.2. The van der Waals surface area contributed by atoms with Gasteiger partial charge in [-0.15, -0.1) is 0 Å². The predicted molar refractivity (Wildman–Crippen MR) is 124 cm³/mol. The maximum Gasteiger partial charge on any atom is 0.247 e. The summed E-state index contributed by atoms with van der Waals surface area (Å²) in [6.45, 7) is 6.78. The lowest BCUT2D eigenvalue weighted by atomic mass is 10.1. The Hall–Kier alpha value is -2.80. The number of benzene rings is 2. The maximum atomic E-state index is 12.9. The van der Waals surface area contributed by atoms with Crippen LogP contribution in [-0.2, 0) is 9.59 Å². The van der Waals surface area contributed by atoms with Crippen LogP contribution < -0.4 is 15.0 Å². The highest BCUT2D eigenvalue weighted by Gasteiger charge is 2.40. The number of amidine groups is 1. The average Bonchev–Trinajstić information content (AvgIpc) is 3.02. The van der Waals surface area contributed by atoms with Crippen molar-refractivity contribution < 1.29 is 14.3 Å². The molecule has 0 radical (unpaired) electrons. The molecule has 0 bridgehead atoms. The van der Waals surface area contributed by atoms with E-state index in [0.29, 0.717) is 17.5 Å². The molecule has 1 fully saturated rings. The first-order valence-corrected chi connectivity index (χ1v) is 10.9. The van der Waals surface area contributed by atoms with E-state index in [9.17, 15) is 9.59 Å². The van der Waals surface area contributed by atoms with Crippen molar-refractivity contribution in [1.82, 2.24) is 0 Å². The number of ether oxygens (including phenoxy) is 1. The van der Waals surface area contributed by atoms with Gasteiger partial charge in [0.05, 0.1) is 12.3 Å². The molecule has 0 saturated carbocycles. The first-order chi connectivity index (χ1) is 14.4. The van der Waals surface area contributed by atoms with Gasteiger partial charge in [-0.05, 0) is 67.8 Å². The summed E-state index contributed by atoms with van der Waals surface area (Å²) in [6, 6.07) is 13.1. The number of nitrogens with one attached hydrogen (secondary N) is 1. The fourth-order valence-electron chi connectivity index (χ4n) is 3.09. The highest BCUT2D eigenvalue weighted by Crippen LogP contribution is 2.31. The molecule has 6 nitrogen and oxygen atoms in total. The second kappa shape index (κ2) is 9.80. The third-order valence-electron chi connectivity index (χ3n) is 4.89. The molecular formula is C23H27N3O3S. The fraction of sp³-hybridized carbons (Fsp3) is 0.348. The molecule has 1 heterocycles. The number of hydrogen-bond donors (Lipinski definition) is 1. The summed E-state index contributed by atoms with van der Waals surface area (Å²) in [5.41, 5.74) is 3.85. The first kappa shape index (κ1) is 21.9.